The maximum atomic E-state index is 5.73. The van der Waals surface area contributed by atoms with Gasteiger partial charge in [-0.05, 0) is 44.5 Å². The molecule has 2 heterocycles. The van der Waals surface area contributed by atoms with Crippen molar-refractivity contribution in [1.82, 2.24) is 20.5 Å². The summed E-state index contributed by atoms with van der Waals surface area (Å²) in [6.07, 6.45) is 7.68. The lowest BCUT2D eigenvalue weighted by Gasteiger charge is -2.23. The van der Waals surface area contributed by atoms with Crippen LogP contribution in [-0.2, 0) is 4.74 Å². The van der Waals surface area contributed by atoms with Crippen LogP contribution in [0.2, 0.25) is 0 Å². The summed E-state index contributed by atoms with van der Waals surface area (Å²) in [5.41, 5.74) is 1.85. The highest BCUT2D eigenvalue weighted by atomic mass is 16.7. The number of hydrogen-bond donors (Lipinski definition) is 2. The Hall–Kier alpha value is -2.89. The van der Waals surface area contributed by atoms with Gasteiger partial charge in [0, 0.05) is 30.3 Å². The Bertz CT molecular complexity index is 831. The number of nitrogens with one attached hydrogen (secondary N) is 2. The molecule has 8 nitrogen and oxygen atoms in total. The molecule has 0 bridgehead atoms. The van der Waals surface area contributed by atoms with Crippen molar-refractivity contribution in [1.29, 1.82) is 0 Å². The van der Waals surface area contributed by atoms with Crippen molar-refractivity contribution in [2.75, 3.05) is 38.9 Å². The van der Waals surface area contributed by atoms with E-state index in [2.05, 4.69) is 31.7 Å². The van der Waals surface area contributed by atoms with E-state index in [4.69, 9.17) is 20.6 Å². The molecule has 1 aromatic heterocycles. The van der Waals surface area contributed by atoms with Crippen molar-refractivity contribution in [3.8, 4) is 35.2 Å². The predicted molar refractivity (Wildman–Crippen MR) is 106 cm³/mol. The van der Waals surface area contributed by atoms with Crippen LogP contribution in [0, 0.1) is 12.3 Å². The minimum atomic E-state index is 0.106. The lowest BCUT2D eigenvalue weighted by molar-refractivity contribution is 0.0227. The second kappa shape index (κ2) is 9.88. The lowest BCUT2D eigenvalue weighted by atomic mass is 10.1. The zero-order chi connectivity index (χ0) is 19.8. The van der Waals surface area contributed by atoms with Crippen LogP contribution in [0.15, 0.2) is 18.2 Å². The molecule has 0 amide bonds. The van der Waals surface area contributed by atoms with Gasteiger partial charge in [0.05, 0.1) is 7.11 Å². The smallest absolute Gasteiger partial charge is 0.246 e. The number of anilines is 1. The average Bonchev–Trinajstić information content (AvgIpc) is 2.74. The third-order valence-corrected chi connectivity index (χ3v) is 4.38. The van der Waals surface area contributed by atoms with Gasteiger partial charge >= 0.3 is 0 Å². The molecule has 1 aromatic carbocycles. The van der Waals surface area contributed by atoms with Gasteiger partial charge in [-0.15, -0.1) is 16.6 Å². The number of methoxy groups -OCH3 is 1. The molecule has 0 aliphatic carbocycles. The van der Waals surface area contributed by atoms with Crippen molar-refractivity contribution in [2.45, 2.75) is 25.8 Å². The van der Waals surface area contributed by atoms with E-state index >= 15 is 0 Å². The summed E-state index contributed by atoms with van der Waals surface area (Å²) in [6, 6.07) is 5.66. The van der Waals surface area contributed by atoms with Gasteiger partial charge in [0.1, 0.15) is 5.75 Å². The van der Waals surface area contributed by atoms with Crippen LogP contribution in [-0.4, -0.2) is 54.8 Å². The molecule has 2 aromatic rings. The molecule has 2 N–H and O–H groups in total. The Morgan fingerprint density at radius 1 is 1.36 bits per heavy atom. The molecule has 1 saturated heterocycles. The molecule has 0 unspecified atom stereocenters. The van der Waals surface area contributed by atoms with E-state index in [9.17, 15) is 0 Å². The van der Waals surface area contributed by atoms with E-state index in [1.165, 1.54) is 0 Å². The van der Waals surface area contributed by atoms with Gasteiger partial charge in [0.15, 0.2) is 12.5 Å². The van der Waals surface area contributed by atoms with Crippen LogP contribution >= 0.6 is 0 Å². The quantitative estimate of drug-likeness (QED) is 0.407. The number of hydrogen-bond acceptors (Lipinski definition) is 8. The molecular weight excluding hydrogens is 358 g/mol. The fraction of sp³-hybridized carbons (Fsp3) is 0.450. The largest absolute Gasteiger partial charge is 0.479 e. The van der Waals surface area contributed by atoms with Gasteiger partial charge in [-0.1, -0.05) is 5.92 Å². The summed E-state index contributed by atoms with van der Waals surface area (Å²) in [4.78, 5) is 4.48. The van der Waals surface area contributed by atoms with Gasteiger partial charge in [-0.25, -0.2) is 0 Å². The number of terminal acetylenes is 1. The Kier molecular flexibility index (Phi) is 7.00. The fourth-order valence-corrected chi connectivity index (χ4v) is 2.96. The van der Waals surface area contributed by atoms with Crippen molar-refractivity contribution < 1.29 is 14.2 Å². The van der Waals surface area contributed by atoms with E-state index in [-0.39, 0.29) is 12.8 Å². The highest BCUT2D eigenvalue weighted by Gasteiger charge is 2.19. The fourth-order valence-electron chi connectivity index (χ4n) is 2.96. The van der Waals surface area contributed by atoms with Gasteiger partial charge in [-0.2, -0.15) is 4.98 Å². The van der Waals surface area contributed by atoms with Crippen molar-refractivity contribution in [3.05, 3.63) is 23.8 Å². The molecule has 28 heavy (non-hydrogen) atoms. The first-order valence-electron chi connectivity index (χ1n) is 9.32. The maximum Gasteiger partial charge on any atom is 0.246 e. The number of aromatic nitrogens is 3. The van der Waals surface area contributed by atoms with Crippen LogP contribution in [0.4, 0.5) is 5.95 Å². The molecule has 8 heteroatoms. The first-order valence-corrected chi connectivity index (χ1v) is 9.32. The molecule has 3 rings (SSSR count). The number of piperidine rings is 1. The highest BCUT2D eigenvalue weighted by molar-refractivity contribution is 5.72. The van der Waals surface area contributed by atoms with Crippen LogP contribution in [0.5, 0.6) is 11.6 Å². The van der Waals surface area contributed by atoms with E-state index in [1.807, 2.05) is 19.1 Å². The number of benzene rings is 1. The molecule has 1 fully saturated rings. The molecule has 0 radical (unpaired) electrons. The first kappa shape index (κ1) is 19.9. The summed E-state index contributed by atoms with van der Waals surface area (Å²) in [7, 11) is 1.55. The number of ether oxygens (including phenoxy) is 3. The zero-order valence-corrected chi connectivity index (χ0v) is 16.2. The monoisotopic (exact) mass is 383 g/mol. The van der Waals surface area contributed by atoms with Gasteiger partial charge in [0.2, 0.25) is 11.8 Å². The normalized spacial score (nSPS) is 16.2. The van der Waals surface area contributed by atoms with Crippen molar-refractivity contribution in [3.63, 3.8) is 0 Å². The predicted octanol–water partition coefficient (Wildman–Crippen LogP) is 2.07. The summed E-state index contributed by atoms with van der Waals surface area (Å²) < 4.78 is 16.5. The molecule has 0 spiro atoms. The Morgan fingerprint density at radius 3 is 2.96 bits per heavy atom. The van der Waals surface area contributed by atoms with Crippen LogP contribution in [0.3, 0.4) is 0 Å². The third-order valence-electron chi connectivity index (χ3n) is 4.38. The molecule has 1 aliphatic rings. The summed E-state index contributed by atoms with van der Waals surface area (Å²) >= 11 is 0. The van der Waals surface area contributed by atoms with E-state index in [1.54, 1.807) is 13.2 Å². The van der Waals surface area contributed by atoms with Crippen molar-refractivity contribution >= 4 is 5.95 Å². The van der Waals surface area contributed by atoms with E-state index < -0.39 is 0 Å². The average molecular weight is 383 g/mol. The molecule has 148 valence electrons. The third kappa shape index (κ3) is 4.88. The Labute approximate surface area is 165 Å². The summed E-state index contributed by atoms with van der Waals surface area (Å²) in [5, 5.41) is 15.2. The number of nitrogens with zero attached hydrogens (tertiary/aromatic N) is 3. The topological polar surface area (TPSA) is 90.4 Å². The minimum absolute atomic E-state index is 0.106. The van der Waals surface area contributed by atoms with Crippen LogP contribution < -0.4 is 20.1 Å². The second-order valence-corrected chi connectivity index (χ2v) is 6.29. The van der Waals surface area contributed by atoms with E-state index in [0.29, 0.717) is 41.0 Å². The molecular formula is C20H25N5O3. The number of rotatable bonds is 8. The molecule has 0 saturated carbocycles. The molecule has 1 atom stereocenters. The highest BCUT2D eigenvalue weighted by Crippen LogP contribution is 2.34. The zero-order valence-electron chi connectivity index (χ0n) is 16.2. The standard InChI is InChI=1S/C20H25N5O3/c1-4-14-8-9-16(17(11-14)28-13-27-5-2)18-19(26-3)23-20(25-24-18)22-15-7-6-10-21-12-15/h1,8-9,11,15,21H,5-7,10,12-13H2,2-3H3,(H,22,23,25)/t15-/m1/s1. The van der Waals surface area contributed by atoms with Gasteiger partial charge < -0.3 is 24.8 Å². The lowest BCUT2D eigenvalue weighted by Crippen LogP contribution is -2.38. The van der Waals surface area contributed by atoms with Crippen LogP contribution in [0.1, 0.15) is 25.3 Å². The maximum absolute atomic E-state index is 5.73. The van der Waals surface area contributed by atoms with Gasteiger partial charge in [0.25, 0.3) is 0 Å². The van der Waals surface area contributed by atoms with E-state index in [0.717, 1.165) is 25.9 Å². The second-order valence-electron chi connectivity index (χ2n) is 6.29. The summed E-state index contributed by atoms with van der Waals surface area (Å²) in [5.74, 6) is 3.93. The minimum Gasteiger partial charge on any atom is -0.479 e. The first-order chi connectivity index (χ1) is 13.7. The SMILES string of the molecule is C#Cc1ccc(-c2nnc(N[C@@H]3CCCNC3)nc2OC)c(OCOCC)c1. The van der Waals surface area contributed by atoms with Crippen molar-refractivity contribution in [2.24, 2.45) is 0 Å². The Morgan fingerprint density at radius 2 is 2.25 bits per heavy atom. The molecule has 1 aliphatic heterocycles. The Balaban J connectivity index is 1.88. The van der Waals surface area contributed by atoms with Gasteiger partial charge in [-0.3, -0.25) is 0 Å². The van der Waals surface area contributed by atoms with Crippen LogP contribution in [0.25, 0.3) is 11.3 Å². The summed E-state index contributed by atoms with van der Waals surface area (Å²) in [6.45, 7) is 4.46.